The van der Waals surface area contributed by atoms with Crippen molar-refractivity contribution in [2.45, 2.75) is 26.2 Å². The molecule has 3 aromatic rings. The van der Waals surface area contributed by atoms with E-state index in [1.807, 2.05) is 20.8 Å². The summed E-state index contributed by atoms with van der Waals surface area (Å²) in [6, 6.07) is 4.69. The molecule has 0 aromatic carbocycles. The Labute approximate surface area is 148 Å². The quantitative estimate of drug-likeness (QED) is 0.708. The maximum atomic E-state index is 12.5. The molecule has 0 fully saturated rings. The summed E-state index contributed by atoms with van der Waals surface area (Å²) in [7, 11) is 2.90. The molecule has 0 spiro atoms. The minimum Gasteiger partial charge on any atom is -0.304 e. The Kier molecular flexibility index (Phi) is 4.02. The number of aryl methyl sites for hydroxylation is 1. The van der Waals surface area contributed by atoms with Gasteiger partial charge < -0.3 is 5.32 Å². The fourth-order valence-corrected chi connectivity index (χ4v) is 2.53. The average Bonchev–Trinajstić information content (AvgIpc) is 3.06. The van der Waals surface area contributed by atoms with Gasteiger partial charge >= 0.3 is 5.69 Å². The number of carbonyl (C=O) groups excluding carboxylic acids is 1. The van der Waals surface area contributed by atoms with E-state index >= 15 is 0 Å². The number of amides is 1. The van der Waals surface area contributed by atoms with Crippen molar-refractivity contribution in [1.29, 1.82) is 0 Å². The van der Waals surface area contributed by atoms with Crippen molar-refractivity contribution in [3.8, 4) is 0 Å². The molecular weight excluding hydrogens is 336 g/mol. The monoisotopic (exact) mass is 356 g/mol. The molecule has 136 valence electrons. The lowest BCUT2D eigenvalue weighted by atomic mass is 9.92. The average molecular weight is 356 g/mol. The lowest BCUT2D eigenvalue weighted by Gasteiger charge is -2.14. The Morgan fingerprint density at radius 3 is 2.46 bits per heavy atom. The van der Waals surface area contributed by atoms with Crippen molar-refractivity contribution >= 4 is 22.8 Å². The van der Waals surface area contributed by atoms with E-state index in [1.54, 1.807) is 6.07 Å². The van der Waals surface area contributed by atoms with Crippen LogP contribution in [0.25, 0.3) is 11.0 Å². The molecule has 0 radical (unpaired) electrons. The predicted molar refractivity (Wildman–Crippen MR) is 97.5 cm³/mol. The minimum absolute atomic E-state index is 0.0843. The normalized spacial score (nSPS) is 11.7. The van der Waals surface area contributed by atoms with Crippen LogP contribution in [0.2, 0.25) is 0 Å². The number of anilines is 1. The number of nitrogens with zero attached hydrogens (tertiary/aromatic N) is 4. The smallest absolute Gasteiger partial charge is 0.304 e. The van der Waals surface area contributed by atoms with Gasteiger partial charge in [0.25, 0.3) is 11.5 Å². The van der Waals surface area contributed by atoms with E-state index in [0.29, 0.717) is 5.82 Å². The number of aromatic nitrogens is 5. The summed E-state index contributed by atoms with van der Waals surface area (Å²) in [5, 5.41) is 9.89. The van der Waals surface area contributed by atoms with Crippen molar-refractivity contribution in [2.75, 3.05) is 5.32 Å². The molecule has 0 saturated heterocycles. The topological polar surface area (TPSA) is 115 Å². The molecule has 0 atom stereocenters. The summed E-state index contributed by atoms with van der Waals surface area (Å²) in [6.07, 6.45) is 0. The summed E-state index contributed by atoms with van der Waals surface area (Å²) < 4.78 is 2.24. The third kappa shape index (κ3) is 2.92. The maximum Gasteiger partial charge on any atom is 0.332 e. The first-order valence-corrected chi connectivity index (χ1v) is 8.03. The van der Waals surface area contributed by atoms with Crippen LogP contribution in [0, 0.1) is 0 Å². The molecule has 0 bridgehead atoms. The van der Waals surface area contributed by atoms with Gasteiger partial charge in [0, 0.05) is 31.3 Å². The van der Waals surface area contributed by atoms with Crippen LogP contribution in [0.5, 0.6) is 0 Å². The number of carbonyl (C=O) groups is 1. The van der Waals surface area contributed by atoms with E-state index in [1.165, 1.54) is 30.8 Å². The number of rotatable bonds is 2. The van der Waals surface area contributed by atoms with Gasteiger partial charge in [-0.05, 0) is 12.1 Å². The number of fused-ring (bicyclic) bond motifs is 1. The first kappa shape index (κ1) is 17.6. The molecule has 3 rings (SSSR count). The third-order valence-corrected chi connectivity index (χ3v) is 4.16. The highest BCUT2D eigenvalue weighted by Crippen LogP contribution is 2.22. The van der Waals surface area contributed by atoms with Crippen LogP contribution in [0.15, 0.2) is 27.8 Å². The Morgan fingerprint density at radius 2 is 1.85 bits per heavy atom. The van der Waals surface area contributed by atoms with Gasteiger partial charge in [-0.3, -0.25) is 23.8 Å². The SMILES string of the molecule is Cn1c(=O)c2ccc(C(=O)Nc3cc(C(C)(C)C)[nH]n3)nc2n(C)c1=O. The largest absolute Gasteiger partial charge is 0.332 e. The molecule has 1 amide bonds. The van der Waals surface area contributed by atoms with Gasteiger partial charge in [0.2, 0.25) is 0 Å². The lowest BCUT2D eigenvalue weighted by Crippen LogP contribution is -2.37. The van der Waals surface area contributed by atoms with Gasteiger partial charge in [-0.15, -0.1) is 0 Å². The molecule has 2 N–H and O–H groups in total. The van der Waals surface area contributed by atoms with Gasteiger partial charge in [0.15, 0.2) is 5.82 Å². The van der Waals surface area contributed by atoms with E-state index in [0.717, 1.165) is 10.3 Å². The molecule has 0 aliphatic rings. The molecule has 0 aliphatic carbocycles. The van der Waals surface area contributed by atoms with Gasteiger partial charge in [-0.1, -0.05) is 20.8 Å². The second kappa shape index (κ2) is 5.94. The summed E-state index contributed by atoms with van der Waals surface area (Å²) >= 11 is 0. The molecule has 0 aliphatic heterocycles. The van der Waals surface area contributed by atoms with Gasteiger partial charge in [0.1, 0.15) is 11.3 Å². The highest BCUT2D eigenvalue weighted by Gasteiger charge is 2.19. The maximum absolute atomic E-state index is 12.5. The highest BCUT2D eigenvalue weighted by atomic mass is 16.2. The summed E-state index contributed by atoms with van der Waals surface area (Å²) in [4.78, 5) is 40.9. The minimum atomic E-state index is -0.505. The van der Waals surface area contributed by atoms with E-state index < -0.39 is 17.2 Å². The molecular formula is C17H20N6O3. The van der Waals surface area contributed by atoms with Crippen LogP contribution in [0.3, 0.4) is 0 Å². The van der Waals surface area contributed by atoms with Crippen LogP contribution in [-0.2, 0) is 19.5 Å². The van der Waals surface area contributed by atoms with Crippen molar-refractivity contribution in [2.24, 2.45) is 14.1 Å². The Balaban J connectivity index is 1.98. The zero-order chi connectivity index (χ0) is 19.2. The fraction of sp³-hybridized carbons (Fsp3) is 0.353. The number of nitrogens with one attached hydrogen (secondary N) is 2. The standard InChI is InChI=1S/C17H20N6O3/c1-17(2,3)11-8-12(21-20-11)19-14(24)10-7-6-9-13(18-10)22(4)16(26)23(5)15(9)25/h6-8H,1-5H3,(H2,19,20,21,24). The number of H-pyrrole nitrogens is 1. The fourth-order valence-electron chi connectivity index (χ4n) is 2.53. The first-order chi connectivity index (χ1) is 12.1. The summed E-state index contributed by atoms with van der Waals surface area (Å²) in [5.41, 5.74) is 0.0314. The van der Waals surface area contributed by atoms with Crippen LogP contribution in [-0.4, -0.2) is 30.2 Å². The Bertz CT molecular complexity index is 1130. The Hall–Kier alpha value is -3.23. The van der Waals surface area contributed by atoms with Crippen molar-refractivity contribution in [3.05, 3.63) is 50.4 Å². The highest BCUT2D eigenvalue weighted by molar-refractivity contribution is 6.03. The molecule has 3 aromatic heterocycles. The van der Waals surface area contributed by atoms with Crippen LogP contribution < -0.4 is 16.6 Å². The van der Waals surface area contributed by atoms with Crippen LogP contribution >= 0.6 is 0 Å². The van der Waals surface area contributed by atoms with Gasteiger partial charge in [-0.2, -0.15) is 5.10 Å². The molecule has 0 unspecified atom stereocenters. The summed E-state index contributed by atoms with van der Waals surface area (Å²) in [5.74, 6) is -0.105. The van der Waals surface area contributed by atoms with E-state index in [-0.39, 0.29) is 22.1 Å². The Morgan fingerprint density at radius 1 is 1.15 bits per heavy atom. The number of aromatic amines is 1. The third-order valence-electron chi connectivity index (χ3n) is 4.16. The zero-order valence-electron chi connectivity index (χ0n) is 15.2. The molecule has 9 nitrogen and oxygen atoms in total. The van der Waals surface area contributed by atoms with Crippen LogP contribution in [0.1, 0.15) is 37.0 Å². The van der Waals surface area contributed by atoms with E-state index in [4.69, 9.17) is 0 Å². The first-order valence-electron chi connectivity index (χ1n) is 8.03. The molecule has 3 heterocycles. The molecule has 0 saturated carbocycles. The van der Waals surface area contributed by atoms with E-state index in [9.17, 15) is 14.4 Å². The molecule has 26 heavy (non-hydrogen) atoms. The number of hydrogen-bond donors (Lipinski definition) is 2. The summed E-state index contributed by atoms with van der Waals surface area (Å²) in [6.45, 7) is 6.08. The van der Waals surface area contributed by atoms with E-state index in [2.05, 4.69) is 20.5 Å². The zero-order valence-corrected chi connectivity index (χ0v) is 15.2. The van der Waals surface area contributed by atoms with Gasteiger partial charge in [-0.25, -0.2) is 9.78 Å². The van der Waals surface area contributed by atoms with Crippen molar-refractivity contribution in [1.82, 2.24) is 24.3 Å². The number of hydrogen-bond acceptors (Lipinski definition) is 5. The molecule has 9 heteroatoms. The van der Waals surface area contributed by atoms with Crippen molar-refractivity contribution in [3.63, 3.8) is 0 Å². The van der Waals surface area contributed by atoms with Crippen molar-refractivity contribution < 1.29 is 4.79 Å². The lowest BCUT2D eigenvalue weighted by molar-refractivity contribution is 0.102. The predicted octanol–water partition coefficient (Wildman–Crippen LogP) is 0.905. The second-order valence-corrected chi connectivity index (χ2v) is 7.14. The number of pyridine rings is 1. The second-order valence-electron chi connectivity index (χ2n) is 7.14. The van der Waals surface area contributed by atoms with Gasteiger partial charge in [0.05, 0.1) is 5.39 Å². The van der Waals surface area contributed by atoms with Crippen LogP contribution in [0.4, 0.5) is 5.82 Å².